The number of carbonyl (C=O) groups is 1. The van der Waals surface area contributed by atoms with Crippen LogP contribution >= 0.6 is 0 Å². The Labute approximate surface area is 91.5 Å². The molecule has 0 atom stereocenters. The number of ether oxygens (including phenoxy) is 1. The first-order valence-electron chi connectivity index (χ1n) is 4.63. The van der Waals surface area contributed by atoms with Crippen LogP contribution in [0, 0.1) is 5.82 Å². The van der Waals surface area contributed by atoms with Gasteiger partial charge < -0.3 is 9.15 Å². The summed E-state index contributed by atoms with van der Waals surface area (Å²) in [5.41, 5.74) is 0.710. The summed E-state index contributed by atoms with van der Waals surface area (Å²) in [6, 6.07) is 6.27. The summed E-state index contributed by atoms with van der Waals surface area (Å²) in [7, 11) is 1.39. The average molecular weight is 220 g/mol. The van der Waals surface area contributed by atoms with Crippen LogP contribution in [0.25, 0.3) is 11.1 Å². The number of hydrogen-bond donors (Lipinski definition) is 0. The van der Waals surface area contributed by atoms with E-state index < -0.39 is 5.82 Å². The first kappa shape index (κ1) is 10.4. The zero-order valence-corrected chi connectivity index (χ0v) is 8.57. The van der Waals surface area contributed by atoms with Gasteiger partial charge >= 0.3 is 0 Å². The molecule has 0 amide bonds. The van der Waals surface area contributed by atoms with Crippen LogP contribution in [0.1, 0.15) is 10.6 Å². The fourth-order valence-electron chi connectivity index (χ4n) is 1.51. The number of furan rings is 1. The highest BCUT2D eigenvalue weighted by atomic mass is 19.1. The van der Waals surface area contributed by atoms with Crippen molar-refractivity contribution in [1.29, 1.82) is 0 Å². The maximum Gasteiger partial charge on any atom is 0.185 e. The van der Waals surface area contributed by atoms with E-state index in [-0.39, 0.29) is 17.1 Å². The van der Waals surface area contributed by atoms with E-state index in [1.165, 1.54) is 19.4 Å². The highest BCUT2D eigenvalue weighted by molar-refractivity contribution is 5.84. The molecule has 3 nitrogen and oxygen atoms in total. The van der Waals surface area contributed by atoms with Gasteiger partial charge in [-0.3, -0.25) is 4.79 Å². The Morgan fingerprint density at radius 3 is 2.81 bits per heavy atom. The molecule has 4 heteroatoms. The van der Waals surface area contributed by atoms with E-state index in [1.54, 1.807) is 18.2 Å². The van der Waals surface area contributed by atoms with Crippen LogP contribution in [-0.2, 0) is 0 Å². The third kappa shape index (κ3) is 1.58. The molecule has 1 aromatic heterocycles. The average Bonchev–Trinajstić information content (AvgIpc) is 2.77. The fourth-order valence-corrected chi connectivity index (χ4v) is 1.51. The summed E-state index contributed by atoms with van der Waals surface area (Å²) in [5, 5.41) is 0. The second-order valence-electron chi connectivity index (χ2n) is 3.14. The van der Waals surface area contributed by atoms with E-state index in [1.807, 2.05) is 0 Å². The van der Waals surface area contributed by atoms with Crippen LogP contribution in [0.15, 0.2) is 34.9 Å². The van der Waals surface area contributed by atoms with Gasteiger partial charge in [0.05, 0.1) is 13.4 Å². The van der Waals surface area contributed by atoms with Gasteiger partial charge in [0.1, 0.15) is 0 Å². The van der Waals surface area contributed by atoms with Crippen molar-refractivity contribution < 1.29 is 18.3 Å². The number of methoxy groups -OCH3 is 1. The lowest BCUT2D eigenvalue weighted by Gasteiger charge is -2.05. The number of aldehydes is 1. The third-order valence-electron chi connectivity index (χ3n) is 2.28. The lowest BCUT2D eigenvalue weighted by molar-refractivity contribution is 0.110. The minimum absolute atomic E-state index is 0.104. The largest absolute Gasteiger partial charge is 0.494 e. The summed E-state index contributed by atoms with van der Waals surface area (Å²) in [5.74, 6) is -0.266. The normalized spacial score (nSPS) is 10.1. The van der Waals surface area contributed by atoms with Crippen LogP contribution in [0.5, 0.6) is 5.75 Å². The molecule has 0 aliphatic rings. The Hall–Kier alpha value is -2.10. The zero-order chi connectivity index (χ0) is 11.5. The van der Waals surface area contributed by atoms with Gasteiger partial charge in [-0.05, 0) is 12.1 Å². The van der Waals surface area contributed by atoms with Crippen LogP contribution in [0.2, 0.25) is 0 Å². The summed E-state index contributed by atoms with van der Waals surface area (Å²) in [6.07, 6.45) is 1.90. The molecule has 0 N–H and O–H groups in total. The molecule has 0 saturated carbocycles. The van der Waals surface area contributed by atoms with Crippen molar-refractivity contribution in [3.8, 4) is 16.9 Å². The highest BCUT2D eigenvalue weighted by Gasteiger charge is 2.15. The molecule has 0 spiro atoms. The molecule has 0 saturated heterocycles. The van der Waals surface area contributed by atoms with E-state index >= 15 is 0 Å². The molecule has 0 fully saturated rings. The van der Waals surface area contributed by atoms with Crippen molar-refractivity contribution in [2.45, 2.75) is 0 Å². The van der Waals surface area contributed by atoms with Crippen molar-refractivity contribution >= 4 is 6.29 Å². The lowest BCUT2D eigenvalue weighted by atomic mass is 10.1. The van der Waals surface area contributed by atoms with Gasteiger partial charge in [0.2, 0.25) is 0 Å². The van der Waals surface area contributed by atoms with Crippen LogP contribution in [0.3, 0.4) is 0 Å². The fraction of sp³-hybridized carbons (Fsp3) is 0.0833. The molecule has 16 heavy (non-hydrogen) atoms. The van der Waals surface area contributed by atoms with Gasteiger partial charge in [-0.2, -0.15) is 0 Å². The van der Waals surface area contributed by atoms with Gasteiger partial charge in [-0.1, -0.05) is 12.1 Å². The molecule has 0 bridgehead atoms. The van der Waals surface area contributed by atoms with Gasteiger partial charge in [0.15, 0.2) is 23.6 Å². The Kier molecular flexibility index (Phi) is 2.72. The minimum atomic E-state index is -0.505. The van der Waals surface area contributed by atoms with Crippen molar-refractivity contribution in [2.75, 3.05) is 7.11 Å². The standard InChI is InChI=1S/C12H9FO3/c1-15-10-4-2-3-9(12(10)13)8-5-6-16-11(8)7-14/h2-7H,1H3. The van der Waals surface area contributed by atoms with Crippen molar-refractivity contribution in [1.82, 2.24) is 0 Å². The molecule has 0 aliphatic heterocycles. The van der Waals surface area contributed by atoms with E-state index in [0.717, 1.165) is 0 Å². The molecule has 0 unspecified atom stereocenters. The van der Waals surface area contributed by atoms with Crippen LogP contribution in [-0.4, -0.2) is 13.4 Å². The smallest absolute Gasteiger partial charge is 0.185 e. The Morgan fingerprint density at radius 2 is 2.12 bits per heavy atom. The first-order chi connectivity index (χ1) is 7.77. The predicted octanol–water partition coefficient (Wildman–Crippen LogP) is 2.91. The van der Waals surface area contributed by atoms with Gasteiger partial charge in [0, 0.05) is 11.1 Å². The number of carbonyl (C=O) groups excluding carboxylic acids is 1. The molecule has 82 valence electrons. The van der Waals surface area contributed by atoms with Crippen molar-refractivity contribution in [3.05, 3.63) is 42.1 Å². The van der Waals surface area contributed by atoms with Crippen LogP contribution < -0.4 is 4.74 Å². The van der Waals surface area contributed by atoms with E-state index in [9.17, 15) is 9.18 Å². The summed E-state index contributed by atoms with van der Waals surface area (Å²) in [4.78, 5) is 10.7. The van der Waals surface area contributed by atoms with E-state index in [2.05, 4.69) is 0 Å². The second kappa shape index (κ2) is 4.18. The number of rotatable bonds is 3. The number of halogens is 1. The second-order valence-corrected chi connectivity index (χ2v) is 3.14. The summed E-state index contributed by atoms with van der Waals surface area (Å²) < 4.78 is 23.7. The van der Waals surface area contributed by atoms with Gasteiger partial charge in [-0.15, -0.1) is 0 Å². The molecule has 2 rings (SSSR count). The maximum atomic E-state index is 13.9. The number of hydrogen-bond acceptors (Lipinski definition) is 3. The molecule has 1 heterocycles. The Bertz CT molecular complexity index is 517. The Balaban J connectivity index is 2.60. The van der Waals surface area contributed by atoms with Gasteiger partial charge in [-0.25, -0.2) is 4.39 Å². The quantitative estimate of drug-likeness (QED) is 0.746. The first-order valence-corrected chi connectivity index (χ1v) is 4.63. The number of benzene rings is 1. The Morgan fingerprint density at radius 1 is 1.31 bits per heavy atom. The highest BCUT2D eigenvalue weighted by Crippen LogP contribution is 2.31. The van der Waals surface area contributed by atoms with Crippen LogP contribution in [0.4, 0.5) is 4.39 Å². The van der Waals surface area contributed by atoms with E-state index in [4.69, 9.17) is 9.15 Å². The summed E-state index contributed by atoms with van der Waals surface area (Å²) >= 11 is 0. The van der Waals surface area contributed by atoms with E-state index in [0.29, 0.717) is 11.8 Å². The molecular formula is C12H9FO3. The third-order valence-corrected chi connectivity index (χ3v) is 2.28. The SMILES string of the molecule is COc1cccc(-c2ccoc2C=O)c1F. The lowest BCUT2D eigenvalue weighted by Crippen LogP contribution is -1.92. The maximum absolute atomic E-state index is 13.9. The van der Waals surface area contributed by atoms with Crippen molar-refractivity contribution in [2.24, 2.45) is 0 Å². The molecule has 2 aromatic rings. The molecule has 0 radical (unpaired) electrons. The summed E-state index contributed by atoms with van der Waals surface area (Å²) in [6.45, 7) is 0. The molecular weight excluding hydrogens is 211 g/mol. The molecule has 0 aliphatic carbocycles. The molecule has 1 aromatic carbocycles. The topological polar surface area (TPSA) is 39.4 Å². The zero-order valence-electron chi connectivity index (χ0n) is 8.57. The predicted molar refractivity (Wildman–Crippen MR) is 56.0 cm³/mol. The minimum Gasteiger partial charge on any atom is -0.494 e. The van der Waals surface area contributed by atoms with Crippen molar-refractivity contribution in [3.63, 3.8) is 0 Å². The van der Waals surface area contributed by atoms with Gasteiger partial charge in [0.25, 0.3) is 0 Å². The monoisotopic (exact) mass is 220 g/mol.